The Morgan fingerprint density at radius 3 is 2.71 bits per heavy atom. The third-order valence-electron chi connectivity index (χ3n) is 3.45. The Balaban J connectivity index is 1.96. The lowest BCUT2D eigenvalue weighted by Gasteiger charge is -2.11. The summed E-state index contributed by atoms with van der Waals surface area (Å²) in [7, 11) is 1.71. The van der Waals surface area contributed by atoms with Crippen LogP contribution in [-0.2, 0) is 22.8 Å². The minimum absolute atomic E-state index is 0.630. The average Bonchev–Trinajstić information content (AvgIpc) is 2.97. The van der Waals surface area contributed by atoms with Gasteiger partial charge in [-0.15, -0.1) is 0 Å². The second-order valence-electron chi connectivity index (χ2n) is 4.97. The molecular weight excluding hydrogens is 282 g/mol. The summed E-state index contributed by atoms with van der Waals surface area (Å²) < 4.78 is 5.14. The lowest BCUT2D eigenvalue weighted by molar-refractivity contribution is 0.185. The molecule has 0 spiro atoms. The van der Waals surface area contributed by atoms with Crippen LogP contribution in [0, 0.1) is 0 Å². The van der Waals surface area contributed by atoms with Crippen LogP contribution in [0.5, 0.6) is 0 Å². The highest BCUT2D eigenvalue weighted by Crippen LogP contribution is 2.34. The predicted molar refractivity (Wildman–Crippen MR) is 87.3 cm³/mol. The van der Waals surface area contributed by atoms with Gasteiger partial charge < -0.3 is 10.1 Å². The van der Waals surface area contributed by atoms with Gasteiger partial charge in [0.15, 0.2) is 5.82 Å². The summed E-state index contributed by atoms with van der Waals surface area (Å²) in [6.45, 7) is 3.60. The predicted octanol–water partition coefficient (Wildman–Crippen LogP) is 3.47. The first-order valence-corrected chi connectivity index (χ1v) is 8.27. The highest BCUT2D eigenvalue weighted by Gasteiger charge is 2.19. The Morgan fingerprint density at radius 1 is 1.19 bits per heavy atom. The molecule has 0 amide bonds. The zero-order valence-corrected chi connectivity index (χ0v) is 13.2. The Bertz CT molecular complexity index is 628. The van der Waals surface area contributed by atoms with E-state index in [0.717, 1.165) is 40.8 Å². The van der Waals surface area contributed by atoms with Crippen molar-refractivity contribution >= 4 is 17.6 Å². The molecule has 0 aliphatic carbocycles. The zero-order valence-electron chi connectivity index (χ0n) is 12.3. The van der Waals surface area contributed by atoms with E-state index in [0.29, 0.717) is 6.61 Å². The molecule has 0 atom stereocenters. The van der Waals surface area contributed by atoms with Gasteiger partial charge in [0.25, 0.3) is 0 Å². The number of nitrogens with zero attached hydrogens (tertiary/aromatic N) is 2. The number of rotatable bonds is 5. The first-order chi connectivity index (χ1) is 10.3. The topological polar surface area (TPSA) is 47.0 Å². The molecule has 21 heavy (non-hydrogen) atoms. The van der Waals surface area contributed by atoms with E-state index in [9.17, 15) is 0 Å². The molecule has 1 aliphatic rings. The summed E-state index contributed by atoms with van der Waals surface area (Å²) >= 11 is 1.90. The SMILES string of the molecule is CCNc1nc(-c2ccc(COC)cc2)nc2c1CSC2. The van der Waals surface area contributed by atoms with Crippen molar-refractivity contribution in [1.29, 1.82) is 0 Å². The van der Waals surface area contributed by atoms with Gasteiger partial charge in [0.1, 0.15) is 5.82 Å². The number of hydrogen-bond donors (Lipinski definition) is 1. The highest BCUT2D eigenvalue weighted by atomic mass is 32.2. The Kier molecular flexibility index (Phi) is 4.41. The molecule has 110 valence electrons. The van der Waals surface area contributed by atoms with Crippen LogP contribution >= 0.6 is 11.8 Å². The number of nitrogens with one attached hydrogen (secondary N) is 1. The molecule has 1 aromatic carbocycles. The first kappa shape index (κ1) is 14.4. The van der Waals surface area contributed by atoms with Crippen LogP contribution in [0.15, 0.2) is 24.3 Å². The smallest absolute Gasteiger partial charge is 0.161 e. The van der Waals surface area contributed by atoms with Crippen molar-refractivity contribution in [2.75, 3.05) is 19.0 Å². The molecule has 0 bridgehead atoms. The van der Waals surface area contributed by atoms with E-state index in [1.165, 1.54) is 11.3 Å². The van der Waals surface area contributed by atoms with Crippen molar-refractivity contribution in [1.82, 2.24) is 9.97 Å². The summed E-state index contributed by atoms with van der Waals surface area (Å²) in [5.41, 5.74) is 4.64. The minimum Gasteiger partial charge on any atom is -0.380 e. The van der Waals surface area contributed by atoms with E-state index in [1.807, 2.05) is 11.8 Å². The fraction of sp³-hybridized carbons (Fsp3) is 0.375. The van der Waals surface area contributed by atoms with Crippen LogP contribution in [0.4, 0.5) is 5.82 Å². The summed E-state index contributed by atoms with van der Waals surface area (Å²) in [5.74, 6) is 3.77. The number of benzene rings is 1. The molecule has 0 saturated carbocycles. The van der Waals surface area contributed by atoms with Crippen LogP contribution < -0.4 is 5.32 Å². The Morgan fingerprint density at radius 2 is 2.00 bits per heavy atom. The fourth-order valence-corrected chi connectivity index (χ4v) is 3.45. The molecule has 0 radical (unpaired) electrons. The van der Waals surface area contributed by atoms with Gasteiger partial charge in [-0.1, -0.05) is 24.3 Å². The number of ether oxygens (including phenoxy) is 1. The van der Waals surface area contributed by atoms with E-state index in [-0.39, 0.29) is 0 Å². The molecule has 1 N–H and O–H groups in total. The first-order valence-electron chi connectivity index (χ1n) is 7.11. The van der Waals surface area contributed by atoms with Crippen molar-refractivity contribution in [3.63, 3.8) is 0 Å². The Hall–Kier alpha value is -1.59. The van der Waals surface area contributed by atoms with Crippen molar-refractivity contribution in [3.05, 3.63) is 41.1 Å². The lowest BCUT2D eigenvalue weighted by atomic mass is 10.1. The van der Waals surface area contributed by atoms with Crippen molar-refractivity contribution < 1.29 is 4.74 Å². The second-order valence-corrected chi connectivity index (χ2v) is 5.96. The van der Waals surface area contributed by atoms with Crippen LogP contribution in [0.1, 0.15) is 23.7 Å². The van der Waals surface area contributed by atoms with Gasteiger partial charge in [-0.25, -0.2) is 9.97 Å². The highest BCUT2D eigenvalue weighted by molar-refractivity contribution is 7.98. The van der Waals surface area contributed by atoms with Crippen LogP contribution in [0.25, 0.3) is 11.4 Å². The molecule has 1 aliphatic heterocycles. The van der Waals surface area contributed by atoms with Gasteiger partial charge in [0.05, 0.1) is 12.3 Å². The van der Waals surface area contributed by atoms with Crippen LogP contribution in [0.2, 0.25) is 0 Å². The molecule has 1 aromatic heterocycles. The van der Waals surface area contributed by atoms with Crippen molar-refractivity contribution in [2.24, 2.45) is 0 Å². The molecule has 0 fully saturated rings. The van der Waals surface area contributed by atoms with Crippen molar-refractivity contribution in [2.45, 2.75) is 25.0 Å². The maximum atomic E-state index is 5.14. The second kappa shape index (κ2) is 6.45. The number of thioether (sulfide) groups is 1. The standard InChI is InChI=1S/C16H19N3OS/c1-3-17-16-13-9-21-10-14(13)18-15(19-16)12-6-4-11(5-7-12)8-20-2/h4-7H,3,8-10H2,1-2H3,(H,17,18,19). The van der Waals surface area contributed by atoms with Gasteiger partial charge in [0, 0.05) is 36.3 Å². The maximum Gasteiger partial charge on any atom is 0.161 e. The number of fused-ring (bicyclic) bond motifs is 1. The maximum absolute atomic E-state index is 5.14. The number of methoxy groups -OCH3 is 1. The molecular formula is C16H19N3OS. The molecule has 5 heteroatoms. The molecule has 2 heterocycles. The van der Waals surface area contributed by atoms with Crippen molar-refractivity contribution in [3.8, 4) is 11.4 Å². The van der Waals surface area contributed by atoms with E-state index in [4.69, 9.17) is 14.7 Å². The number of hydrogen-bond acceptors (Lipinski definition) is 5. The van der Waals surface area contributed by atoms with E-state index in [1.54, 1.807) is 7.11 Å². The van der Waals surface area contributed by atoms with Gasteiger partial charge in [-0.05, 0) is 12.5 Å². The summed E-state index contributed by atoms with van der Waals surface area (Å²) in [6, 6.07) is 8.26. The monoisotopic (exact) mass is 301 g/mol. The largest absolute Gasteiger partial charge is 0.380 e. The van der Waals surface area contributed by atoms with E-state index < -0.39 is 0 Å². The van der Waals surface area contributed by atoms with Gasteiger partial charge in [0.2, 0.25) is 0 Å². The molecule has 0 saturated heterocycles. The number of aromatic nitrogens is 2. The van der Waals surface area contributed by atoms with E-state index >= 15 is 0 Å². The van der Waals surface area contributed by atoms with Gasteiger partial charge in [-0.2, -0.15) is 11.8 Å². The third-order valence-corrected chi connectivity index (χ3v) is 4.42. The summed E-state index contributed by atoms with van der Waals surface area (Å²) in [6.07, 6.45) is 0. The molecule has 3 rings (SSSR count). The quantitative estimate of drug-likeness (QED) is 0.916. The Labute approximate surface area is 129 Å². The summed E-state index contributed by atoms with van der Waals surface area (Å²) in [4.78, 5) is 9.45. The average molecular weight is 301 g/mol. The van der Waals surface area contributed by atoms with Gasteiger partial charge in [-0.3, -0.25) is 0 Å². The van der Waals surface area contributed by atoms with Gasteiger partial charge >= 0.3 is 0 Å². The third kappa shape index (κ3) is 3.04. The van der Waals surface area contributed by atoms with Crippen LogP contribution in [-0.4, -0.2) is 23.6 Å². The molecule has 0 unspecified atom stereocenters. The minimum atomic E-state index is 0.630. The molecule has 2 aromatic rings. The lowest BCUT2D eigenvalue weighted by Crippen LogP contribution is -2.06. The normalized spacial score (nSPS) is 13.2. The molecule has 4 nitrogen and oxygen atoms in total. The summed E-state index contributed by atoms with van der Waals surface area (Å²) in [5, 5.41) is 3.37. The van der Waals surface area contributed by atoms with E-state index in [2.05, 4.69) is 36.5 Å². The fourth-order valence-electron chi connectivity index (χ4n) is 2.41. The zero-order chi connectivity index (χ0) is 14.7. The number of anilines is 1. The van der Waals surface area contributed by atoms with Crippen LogP contribution in [0.3, 0.4) is 0 Å².